The van der Waals surface area contributed by atoms with Crippen LogP contribution in [0.25, 0.3) is 77.6 Å². The van der Waals surface area contributed by atoms with E-state index >= 15 is 0 Å². The van der Waals surface area contributed by atoms with Crippen molar-refractivity contribution in [2.24, 2.45) is 0 Å². The number of imide groups is 1. The van der Waals surface area contributed by atoms with Crippen LogP contribution in [-0.2, 0) is 0 Å². The number of hydrogen-bond donors (Lipinski definition) is 0. The first-order chi connectivity index (χ1) is 35.2. The number of aromatic nitrogens is 1. The molecule has 1 aliphatic heterocycles. The fourth-order valence-corrected chi connectivity index (χ4v) is 9.54. The molecule has 72 heavy (non-hydrogen) atoms. The van der Waals surface area contributed by atoms with Gasteiger partial charge in [-0.2, -0.15) is 10.5 Å². The van der Waals surface area contributed by atoms with Gasteiger partial charge in [0.05, 0.1) is 56.8 Å². The third-order valence-corrected chi connectivity index (χ3v) is 12.8. The van der Waals surface area contributed by atoms with Crippen molar-refractivity contribution in [2.75, 3.05) is 4.90 Å². The Morgan fingerprint density at radius 2 is 0.986 bits per heavy atom. The lowest BCUT2D eigenvalue weighted by Gasteiger charge is -2.20. The Hall–Kier alpha value is -9.88. The summed E-state index contributed by atoms with van der Waals surface area (Å²) in [6.45, 7) is 7.92. The predicted octanol–water partition coefficient (Wildman–Crippen LogP) is 16.2. The van der Waals surface area contributed by atoms with Crippen LogP contribution in [-0.4, -0.2) is 16.4 Å². The fourth-order valence-electron chi connectivity index (χ4n) is 9.54. The minimum Gasteiger partial charge on any atom is -0.308 e. The first-order valence-corrected chi connectivity index (χ1v) is 23.7. The number of nitriles is 2. The third-order valence-electron chi connectivity index (χ3n) is 12.8. The second-order valence-electron chi connectivity index (χ2n) is 17.6. The molecule has 0 aliphatic carbocycles. The van der Waals surface area contributed by atoms with Gasteiger partial charge in [0.1, 0.15) is 0 Å². The van der Waals surface area contributed by atoms with Gasteiger partial charge in [-0.25, -0.2) is 4.90 Å². The normalized spacial score (nSPS) is 12.1. The van der Waals surface area contributed by atoms with Crippen LogP contribution < -0.4 is 4.90 Å². The molecule has 342 valence electrons. The van der Waals surface area contributed by atoms with Gasteiger partial charge in [-0.05, 0) is 137 Å². The van der Waals surface area contributed by atoms with Gasteiger partial charge >= 0.3 is 0 Å². The molecular weight excluding hydrogens is 881 g/mol. The zero-order chi connectivity index (χ0) is 49.7. The molecule has 2 heterocycles. The van der Waals surface area contributed by atoms with Crippen molar-refractivity contribution in [1.29, 1.82) is 10.5 Å². The summed E-state index contributed by atoms with van der Waals surface area (Å²) in [6, 6.07) is 73.4. The minimum absolute atomic E-state index is 0.328. The van der Waals surface area contributed by atoms with Crippen LogP contribution >= 0.6 is 0 Å². The Morgan fingerprint density at radius 1 is 0.486 bits per heavy atom. The number of allylic oxidation sites excluding steroid dienone is 5. The molecule has 0 radical (unpaired) electrons. The lowest BCUT2D eigenvalue weighted by atomic mass is 9.97. The van der Waals surface area contributed by atoms with Crippen molar-refractivity contribution in [1.82, 2.24) is 4.57 Å². The summed E-state index contributed by atoms with van der Waals surface area (Å²) in [5.41, 5.74) is 15.5. The number of carbonyl (C=O) groups excluding carboxylic acids is 2. The van der Waals surface area contributed by atoms with Gasteiger partial charge in [0, 0.05) is 16.3 Å². The molecule has 1 aliphatic rings. The summed E-state index contributed by atoms with van der Waals surface area (Å²) in [5, 5.41) is 21.1. The number of fused-ring (bicyclic) bond motifs is 4. The van der Waals surface area contributed by atoms with E-state index in [-0.39, 0.29) is 5.91 Å². The fraction of sp³-hybridized carbons (Fsp3) is 0.0303. The van der Waals surface area contributed by atoms with Gasteiger partial charge in [0.2, 0.25) is 0 Å². The van der Waals surface area contributed by atoms with Crippen LogP contribution in [0.2, 0.25) is 0 Å². The molecule has 0 spiro atoms. The standard InChI is InChI=1S/C52H30N4O2.C14H16/c53-31-33-10-7-16-37(26-33)40-21-24-47-44(29-40)45-30-41(38-17-8-11-34(27-38)32-54)22-25-48(45)55(47)49-19-9-18-42-50(49)52(58)56(51(42)57)46-23-20-39(35-12-3-1-4-13-35)28-43(46)36-14-5-2-6-15-36;1-4-8-14(11-12(2)3)13-9-6-5-7-10-13/h1-30H;4-11H,2H2,1,3H3/b;8-4-,14-11+. The van der Waals surface area contributed by atoms with Gasteiger partial charge in [-0.1, -0.05) is 170 Å². The highest BCUT2D eigenvalue weighted by Gasteiger charge is 2.40. The number of hydrogen-bond acceptors (Lipinski definition) is 4. The zero-order valence-corrected chi connectivity index (χ0v) is 39.8. The number of rotatable bonds is 9. The van der Waals surface area contributed by atoms with E-state index in [9.17, 15) is 20.1 Å². The van der Waals surface area contributed by atoms with Crippen molar-refractivity contribution in [2.45, 2.75) is 13.8 Å². The molecule has 0 saturated carbocycles. The molecule has 10 aromatic rings. The average Bonchev–Trinajstić information content (AvgIpc) is 3.90. The molecule has 11 rings (SSSR count). The number of carbonyl (C=O) groups is 2. The molecule has 0 bridgehead atoms. The number of anilines is 1. The Bertz CT molecular complexity index is 3790. The molecule has 0 unspecified atom stereocenters. The van der Waals surface area contributed by atoms with E-state index < -0.39 is 5.91 Å². The first-order valence-electron chi connectivity index (χ1n) is 23.7. The molecule has 0 N–H and O–H groups in total. The largest absolute Gasteiger partial charge is 0.308 e. The van der Waals surface area contributed by atoms with E-state index in [1.165, 1.54) is 16.0 Å². The molecule has 6 nitrogen and oxygen atoms in total. The summed E-state index contributed by atoms with van der Waals surface area (Å²) in [7, 11) is 0. The van der Waals surface area contributed by atoms with Crippen LogP contribution in [0.1, 0.15) is 51.3 Å². The average molecular weight is 927 g/mol. The Morgan fingerprint density at radius 3 is 1.54 bits per heavy atom. The third kappa shape index (κ3) is 8.85. The van der Waals surface area contributed by atoms with Crippen molar-refractivity contribution in [3.63, 3.8) is 0 Å². The van der Waals surface area contributed by atoms with E-state index in [0.29, 0.717) is 33.6 Å². The van der Waals surface area contributed by atoms with Crippen LogP contribution in [0.4, 0.5) is 5.69 Å². The van der Waals surface area contributed by atoms with Crippen LogP contribution in [0.15, 0.2) is 243 Å². The van der Waals surface area contributed by atoms with Gasteiger partial charge in [-0.3, -0.25) is 9.59 Å². The summed E-state index contributed by atoms with van der Waals surface area (Å²) >= 11 is 0. The lowest BCUT2D eigenvalue weighted by Crippen LogP contribution is -2.30. The Balaban J connectivity index is 0.000000370. The van der Waals surface area contributed by atoms with E-state index in [2.05, 4.69) is 59.7 Å². The molecule has 1 aromatic heterocycles. The molecule has 0 atom stereocenters. The monoisotopic (exact) mass is 926 g/mol. The van der Waals surface area contributed by atoms with Gasteiger partial charge in [0.15, 0.2) is 0 Å². The highest BCUT2D eigenvalue weighted by Crippen LogP contribution is 2.43. The zero-order valence-electron chi connectivity index (χ0n) is 39.8. The second kappa shape index (κ2) is 20.0. The maximum absolute atomic E-state index is 15.0. The topological polar surface area (TPSA) is 89.9 Å². The van der Waals surface area contributed by atoms with E-state index in [0.717, 1.165) is 71.9 Å². The molecule has 6 heteroatoms. The van der Waals surface area contributed by atoms with Crippen LogP contribution in [0, 0.1) is 22.7 Å². The van der Waals surface area contributed by atoms with Crippen molar-refractivity contribution in [3.8, 4) is 62.3 Å². The van der Waals surface area contributed by atoms with Crippen LogP contribution in [0.3, 0.4) is 0 Å². The maximum atomic E-state index is 15.0. The summed E-state index contributed by atoms with van der Waals surface area (Å²) in [5.74, 6) is -0.781. The smallest absolute Gasteiger partial charge is 0.268 e. The molecule has 0 saturated heterocycles. The number of benzene rings is 9. The summed E-state index contributed by atoms with van der Waals surface area (Å²) < 4.78 is 2.07. The maximum Gasteiger partial charge on any atom is 0.268 e. The number of nitrogens with zero attached hydrogens (tertiary/aromatic N) is 4. The quantitative estimate of drug-likeness (QED) is 0.107. The second-order valence-corrected chi connectivity index (χ2v) is 17.6. The highest BCUT2D eigenvalue weighted by atomic mass is 16.2. The van der Waals surface area contributed by atoms with Crippen molar-refractivity contribution in [3.05, 3.63) is 271 Å². The first kappa shape index (κ1) is 45.9. The van der Waals surface area contributed by atoms with Gasteiger partial charge < -0.3 is 4.57 Å². The summed E-state index contributed by atoms with van der Waals surface area (Å²) in [6.07, 6.45) is 6.24. The summed E-state index contributed by atoms with van der Waals surface area (Å²) in [4.78, 5) is 30.8. The van der Waals surface area contributed by atoms with Crippen LogP contribution in [0.5, 0.6) is 0 Å². The lowest BCUT2D eigenvalue weighted by molar-refractivity contribution is 0.0926. The minimum atomic E-state index is -0.398. The van der Waals surface area contributed by atoms with Gasteiger partial charge in [-0.15, -0.1) is 0 Å². The highest BCUT2D eigenvalue weighted by molar-refractivity contribution is 6.36. The Kier molecular flexibility index (Phi) is 12.7. The Labute approximate surface area is 419 Å². The molecular formula is C66H46N4O2. The SMILES string of the molecule is C=C(C)/C=C(\C=C/C)c1ccccc1.N#Cc1cccc(-c2ccc3c(c2)c2cc(-c4cccc(C#N)c4)ccc2n3-c2cccc3c2C(=O)N(c2ccc(-c4ccccc4)cc2-c2ccccc2)C3=O)c1. The number of amides is 2. The molecule has 9 aromatic carbocycles. The predicted molar refractivity (Wildman–Crippen MR) is 294 cm³/mol. The van der Waals surface area contributed by atoms with Crippen molar-refractivity contribution < 1.29 is 9.59 Å². The molecule has 0 fully saturated rings. The van der Waals surface area contributed by atoms with Crippen molar-refractivity contribution >= 4 is 44.9 Å². The van der Waals surface area contributed by atoms with E-state index in [4.69, 9.17) is 0 Å². The van der Waals surface area contributed by atoms with E-state index in [1.807, 2.05) is 190 Å². The van der Waals surface area contributed by atoms with Gasteiger partial charge in [0.25, 0.3) is 11.8 Å². The molecule has 2 amide bonds. The van der Waals surface area contributed by atoms with E-state index in [1.54, 1.807) is 18.2 Å².